The van der Waals surface area contributed by atoms with Gasteiger partial charge >= 0.3 is 0 Å². The summed E-state index contributed by atoms with van der Waals surface area (Å²) in [6, 6.07) is 0. The molecule has 0 aromatic heterocycles. The fourth-order valence-electron chi connectivity index (χ4n) is 3.58. The molecule has 1 rings (SSSR count). The normalized spacial score (nSPS) is 22.2. The summed E-state index contributed by atoms with van der Waals surface area (Å²) in [5.41, 5.74) is 0. The van der Waals surface area contributed by atoms with Crippen LogP contribution in [0.15, 0.2) is 24.8 Å². The van der Waals surface area contributed by atoms with Gasteiger partial charge in [-0.15, -0.1) is 6.58 Å². The molecule has 3 heteroatoms. The maximum atomic E-state index is 10.6. The van der Waals surface area contributed by atoms with Crippen molar-refractivity contribution in [1.29, 1.82) is 0 Å². The van der Waals surface area contributed by atoms with Gasteiger partial charge in [-0.1, -0.05) is 72.1 Å². The molecule has 0 aliphatic heterocycles. The number of aliphatic hydroxyl groups is 1. The van der Waals surface area contributed by atoms with E-state index in [4.69, 9.17) is 4.43 Å². The van der Waals surface area contributed by atoms with Crippen LogP contribution in [0.1, 0.15) is 73.1 Å². The molecule has 0 heterocycles. The molecule has 0 spiro atoms. The van der Waals surface area contributed by atoms with Gasteiger partial charge in [-0.25, -0.2) is 0 Å². The minimum Gasteiger partial charge on any atom is -0.413 e. The molecule has 1 fully saturated rings. The summed E-state index contributed by atoms with van der Waals surface area (Å²) in [6.45, 7) is 19.7. The van der Waals surface area contributed by atoms with Crippen molar-refractivity contribution < 1.29 is 9.53 Å². The molecular formula is C23H44O2Si. The van der Waals surface area contributed by atoms with E-state index < -0.39 is 14.4 Å². The first-order valence-electron chi connectivity index (χ1n) is 10.6. The lowest BCUT2D eigenvalue weighted by Crippen LogP contribution is -2.48. The molecule has 1 aliphatic rings. The highest BCUT2D eigenvalue weighted by Crippen LogP contribution is 2.40. The maximum absolute atomic E-state index is 10.6. The predicted octanol–water partition coefficient (Wildman–Crippen LogP) is 6.72. The SMILES string of the molecule is C=CC[C@H](O)[C@H](C)[C@H](O[Si](C)(C)C(C)(C)C)[C@@H](C)C=CC1CCCCC1. The predicted molar refractivity (Wildman–Crippen MR) is 117 cm³/mol. The molecule has 0 saturated heterocycles. The minimum atomic E-state index is -1.90. The number of hydrogen-bond acceptors (Lipinski definition) is 2. The van der Waals surface area contributed by atoms with Crippen LogP contribution in [0.5, 0.6) is 0 Å². The molecule has 0 unspecified atom stereocenters. The molecule has 0 aromatic rings. The quantitative estimate of drug-likeness (QED) is 0.355. The minimum absolute atomic E-state index is 0.0469. The zero-order valence-corrected chi connectivity index (χ0v) is 19.4. The monoisotopic (exact) mass is 380 g/mol. The van der Waals surface area contributed by atoms with E-state index in [0.29, 0.717) is 12.3 Å². The highest BCUT2D eigenvalue weighted by Gasteiger charge is 2.42. The molecular weight excluding hydrogens is 336 g/mol. The largest absolute Gasteiger partial charge is 0.413 e. The van der Waals surface area contributed by atoms with E-state index in [1.165, 1.54) is 32.1 Å². The van der Waals surface area contributed by atoms with Crippen molar-refractivity contribution >= 4 is 8.32 Å². The number of hydrogen-bond donors (Lipinski definition) is 1. The average Bonchev–Trinajstić information content (AvgIpc) is 2.57. The van der Waals surface area contributed by atoms with Gasteiger partial charge in [-0.05, 0) is 49.2 Å². The van der Waals surface area contributed by atoms with Crippen LogP contribution in [-0.2, 0) is 4.43 Å². The molecule has 0 radical (unpaired) electrons. The average molecular weight is 381 g/mol. The fraction of sp³-hybridized carbons (Fsp3) is 0.826. The van der Waals surface area contributed by atoms with Crippen LogP contribution in [-0.4, -0.2) is 25.6 Å². The summed E-state index contributed by atoms with van der Waals surface area (Å²) in [5, 5.41) is 10.8. The Morgan fingerprint density at radius 1 is 1.15 bits per heavy atom. The lowest BCUT2D eigenvalue weighted by atomic mass is 9.85. The standard InChI is InChI=1S/C23H44O2Si/c1-9-13-21(24)19(3)22(25-26(7,8)23(4,5)6)18(2)16-17-20-14-11-10-12-15-20/h9,16-22,24H,1,10-15H2,2-8H3/t18-,19-,21-,22+/m0/s1. The van der Waals surface area contributed by atoms with E-state index in [-0.39, 0.29) is 17.1 Å². The van der Waals surface area contributed by atoms with Gasteiger partial charge in [0.2, 0.25) is 0 Å². The second-order valence-corrected chi connectivity index (χ2v) is 14.7. The summed E-state index contributed by atoms with van der Waals surface area (Å²) < 4.78 is 6.83. The smallest absolute Gasteiger partial charge is 0.192 e. The molecule has 1 saturated carbocycles. The van der Waals surface area contributed by atoms with Crippen LogP contribution in [0.3, 0.4) is 0 Å². The van der Waals surface area contributed by atoms with Gasteiger partial charge in [-0.2, -0.15) is 0 Å². The molecule has 1 N–H and O–H groups in total. The summed E-state index contributed by atoms with van der Waals surface area (Å²) in [6.07, 6.45) is 13.6. The van der Waals surface area contributed by atoms with Gasteiger partial charge < -0.3 is 9.53 Å². The Bertz CT molecular complexity index is 444. The summed E-state index contributed by atoms with van der Waals surface area (Å²) in [5.74, 6) is 1.13. The Morgan fingerprint density at radius 3 is 2.23 bits per heavy atom. The van der Waals surface area contributed by atoms with E-state index in [1.807, 2.05) is 6.08 Å². The Morgan fingerprint density at radius 2 is 1.73 bits per heavy atom. The van der Waals surface area contributed by atoms with Crippen molar-refractivity contribution in [2.75, 3.05) is 0 Å². The number of rotatable bonds is 9. The van der Waals surface area contributed by atoms with Crippen molar-refractivity contribution in [3.8, 4) is 0 Å². The van der Waals surface area contributed by atoms with Gasteiger partial charge in [0.15, 0.2) is 8.32 Å². The van der Waals surface area contributed by atoms with Gasteiger partial charge in [0.05, 0.1) is 12.2 Å². The van der Waals surface area contributed by atoms with E-state index >= 15 is 0 Å². The highest BCUT2D eigenvalue weighted by atomic mass is 28.4. The second-order valence-electron chi connectivity index (χ2n) is 9.94. The third kappa shape index (κ3) is 6.98. The first-order chi connectivity index (χ1) is 12.0. The Kier molecular flexibility index (Phi) is 9.32. The van der Waals surface area contributed by atoms with Gasteiger partial charge in [0.1, 0.15) is 0 Å². The van der Waals surface area contributed by atoms with Crippen LogP contribution in [0.2, 0.25) is 18.1 Å². The first kappa shape index (κ1) is 23.7. The first-order valence-corrected chi connectivity index (χ1v) is 13.6. The van der Waals surface area contributed by atoms with Crippen LogP contribution >= 0.6 is 0 Å². The van der Waals surface area contributed by atoms with E-state index in [2.05, 4.69) is 66.4 Å². The van der Waals surface area contributed by atoms with Crippen LogP contribution in [0, 0.1) is 17.8 Å². The van der Waals surface area contributed by atoms with Crippen molar-refractivity contribution in [1.82, 2.24) is 0 Å². The zero-order valence-electron chi connectivity index (χ0n) is 18.4. The molecule has 0 aromatic carbocycles. The van der Waals surface area contributed by atoms with Crippen LogP contribution in [0.4, 0.5) is 0 Å². The molecule has 2 nitrogen and oxygen atoms in total. The molecule has 4 atom stereocenters. The molecule has 0 amide bonds. The van der Waals surface area contributed by atoms with Crippen LogP contribution < -0.4 is 0 Å². The molecule has 1 aliphatic carbocycles. The van der Waals surface area contributed by atoms with Crippen molar-refractivity contribution in [3.63, 3.8) is 0 Å². The van der Waals surface area contributed by atoms with Gasteiger partial charge in [-0.3, -0.25) is 0 Å². The summed E-state index contributed by atoms with van der Waals surface area (Å²) in [4.78, 5) is 0. The number of aliphatic hydroxyl groups excluding tert-OH is 1. The fourth-order valence-corrected chi connectivity index (χ4v) is 5.05. The van der Waals surface area contributed by atoms with Gasteiger partial charge in [0.25, 0.3) is 0 Å². The molecule has 0 bridgehead atoms. The lowest BCUT2D eigenvalue weighted by Gasteiger charge is -2.43. The number of allylic oxidation sites excluding steroid dienone is 1. The van der Waals surface area contributed by atoms with Crippen molar-refractivity contribution in [2.45, 2.75) is 103 Å². The Balaban J connectivity index is 2.94. The highest BCUT2D eigenvalue weighted by molar-refractivity contribution is 6.74. The Hall–Kier alpha value is -0.383. The van der Waals surface area contributed by atoms with Crippen LogP contribution in [0.25, 0.3) is 0 Å². The Labute approximate surface area is 164 Å². The van der Waals surface area contributed by atoms with E-state index in [1.54, 1.807) is 0 Å². The maximum Gasteiger partial charge on any atom is 0.192 e. The summed E-state index contributed by atoms with van der Waals surface area (Å²) in [7, 11) is -1.90. The van der Waals surface area contributed by atoms with Crippen molar-refractivity contribution in [2.24, 2.45) is 17.8 Å². The van der Waals surface area contributed by atoms with Gasteiger partial charge in [0, 0.05) is 5.92 Å². The zero-order chi connectivity index (χ0) is 20.0. The topological polar surface area (TPSA) is 29.5 Å². The summed E-state index contributed by atoms with van der Waals surface area (Å²) >= 11 is 0. The third-order valence-corrected chi connectivity index (χ3v) is 11.1. The van der Waals surface area contributed by atoms with E-state index in [0.717, 1.165) is 5.92 Å². The second kappa shape index (κ2) is 10.2. The van der Waals surface area contributed by atoms with Crippen molar-refractivity contribution in [3.05, 3.63) is 24.8 Å². The lowest BCUT2D eigenvalue weighted by molar-refractivity contribution is 0.0126. The third-order valence-electron chi connectivity index (χ3n) is 6.63. The van der Waals surface area contributed by atoms with E-state index in [9.17, 15) is 5.11 Å². The molecule has 26 heavy (non-hydrogen) atoms. The molecule has 152 valence electrons.